The van der Waals surface area contributed by atoms with Crippen molar-refractivity contribution in [2.24, 2.45) is 0 Å². The van der Waals surface area contributed by atoms with Crippen LogP contribution in [-0.4, -0.2) is 32.3 Å². The van der Waals surface area contributed by atoms with Crippen LogP contribution in [0.15, 0.2) is 18.2 Å². The van der Waals surface area contributed by atoms with Gasteiger partial charge in [-0.25, -0.2) is 13.6 Å². The van der Waals surface area contributed by atoms with Crippen LogP contribution in [0.2, 0.25) is 0 Å². The van der Waals surface area contributed by atoms with E-state index in [-0.39, 0.29) is 12.4 Å². The number of hydrogen-bond acceptors (Lipinski definition) is 4. The highest BCUT2D eigenvalue weighted by Gasteiger charge is 2.33. The molecule has 0 bridgehead atoms. The summed E-state index contributed by atoms with van der Waals surface area (Å²) in [7, 11) is 2.80. The first kappa shape index (κ1) is 14.4. The summed E-state index contributed by atoms with van der Waals surface area (Å²) in [5.74, 6) is -2.17. The fraction of sp³-hybridized carbons (Fsp3) is 0.417. The van der Waals surface area contributed by atoms with Gasteiger partial charge in [0.25, 0.3) is 0 Å². The minimum atomic E-state index is -1.10. The van der Waals surface area contributed by atoms with Gasteiger partial charge in [0.1, 0.15) is 18.0 Å². The number of esters is 1. The summed E-state index contributed by atoms with van der Waals surface area (Å²) in [5, 5.41) is 2.73. The van der Waals surface area contributed by atoms with E-state index >= 15 is 0 Å². The molecule has 0 saturated heterocycles. The molecule has 0 aromatic heterocycles. The maximum absolute atomic E-state index is 13.3. The largest absolute Gasteiger partial charge is 0.488 e. The molecule has 0 aliphatic rings. The molecule has 18 heavy (non-hydrogen) atoms. The molecule has 1 unspecified atom stereocenters. The van der Waals surface area contributed by atoms with Crippen LogP contribution in [0.4, 0.5) is 8.78 Å². The van der Waals surface area contributed by atoms with Crippen molar-refractivity contribution in [2.75, 3.05) is 20.8 Å². The van der Waals surface area contributed by atoms with Gasteiger partial charge in [0.2, 0.25) is 0 Å². The molecule has 0 amide bonds. The monoisotopic (exact) mass is 259 g/mol. The van der Waals surface area contributed by atoms with E-state index in [2.05, 4.69) is 10.1 Å². The summed E-state index contributed by atoms with van der Waals surface area (Å²) in [6, 6.07) is 2.95. The number of hydrogen-bond donors (Lipinski definition) is 1. The smallest absolute Gasteiger partial charge is 0.329 e. The van der Waals surface area contributed by atoms with Crippen LogP contribution in [0, 0.1) is 11.6 Å². The van der Waals surface area contributed by atoms with Gasteiger partial charge in [0, 0.05) is 6.07 Å². The van der Waals surface area contributed by atoms with E-state index in [1.54, 1.807) is 14.0 Å². The summed E-state index contributed by atoms with van der Waals surface area (Å²) in [5.41, 5.74) is -1.10. The second-order valence-corrected chi connectivity index (χ2v) is 3.94. The Labute approximate surface area is 104 Å². The number of likely N-dealkylation sites (N-methyl/N-ethyl adjacent to an activating group) is 1. The number of nitrogens with one attached hydrogen (secondary N) is 1. The summed E-state index contributed by atoms with van der Waals surface area (Å²) < 4.78 is 35.8. The molecule has 1 rings (SSSR count). The predicted molar refractivity (Wildman–Crippen MR) is 61.3 cm³/mol. The topological polar surface area (TPSA) is 47.6 Å². The maximum Gasteiger partial charge on any atom is 0.329 e. The van der Waals surface area contributed by atoms with Gasteiger partial charge in [0.15, 0.2) is 11.6 Å². The Bertz CT molecular complexity index is 439. The maximum atomic E-state index is 13.3. The van der Waals surface area contributed by atoms with Gasteiger partial charge in [-0.1, -0.05) is 0 Å². The lowest BCUT2D eigenvalue weighted by Gasteiger charge is -2.26. The third-order valence-electron chi connectivity index (χ3n) is 2.60. The highest BCUT2D eigenvalue weighted by Crippen LogP contribution is 2.19. The number of benzene rings is 1. The SMILES string of the molecule is CNC(C)(COc1ccc(F)cc1F)C(=O)OC. The summed E-state index contributed by atoms with van der Waals surface area (Å²) in [4.78, 5) is 11.5. The highest BCUT2D eigenvalue weighted by atomic mass is 19.1. The van der Waals surface area contributed by atoms with Gasteiger partial charge in [-0.05, 0) is 26.1 Å². The van der Waals surface area contributed by atoms with Crippen molar-refractivity contribution in [2.45, 2.75) is 12.5 Å². The number of ether oxygens (including phenoxy) is 2. The molecule has 0 spiro atoms. The van der Waals surface area contributed by atoms with Crippen molar-refractivity contribution >= 4 is 5.97 Å². The number of carbonyl (C=O) groups is 1. The predicted octanol–water partition coefficient (Wildman–Crippen LogP) is 1.49. The van der Waals surface area contributed by atoms with Crippen molar-refractivity contribution in [1.82, 2.24) is 5.32 Å². The van der Waals surface area contributed by atoms with Crippen molar-refractivity contribution in [3.63, 3.8) is 0 Å². The molecule has 0 heterocycles. The lowest BCUT2D eigenvalue weighted by Crippen LogP contribution is -2.52. The van der Waals surface area contributed by atoms with Crippen molar-refractivity contribution in [3.05, 3.63) is 29.8 Å². The Kier molecular flexibility index (Phi) is 4.61. The van der Waals surface area contributed by atoms with E-state index in [0.29, 0.717) is 6.07 Å². The van der Waals surface area contributed by atoms with E-state index in [1.165, 1.54) is 7.11 Å². The van der Waals surface area contributed by atoms with Gasteiger partial charge in [-0.3, -0.25) is 0 Å². The Hall–Kier alpha value is -1.69. The molecular formula is C12H15F2NO3. The van der Waals surface area contributed by atoms with Crippen LogP contribution in [0.25, 0.3) is 0 Å². The average Bonchev–Trinajstić information content (AvgIpc) is 2.36. The van der Waals surface area contributed by atoms with E-state index in [9.17, 15) is 13.6 Å². The molecule has 0 saturated carbocycles. The van der Waals surface area contributed by atoms with Crippen LogP contribution in [0.3, 0.4) is 0 Å². The first-order chi connectivity index (χ1) is 8.42. The van der Waals surface area contributed by atoms with Gasteiger partial charge in [-0.15, -0.1) is 0 Å². The molecular weight excluding hydrogens is 244 g/mol. The zero-order chi connectivity index (χ0) is 13.8. The van der Waals surface area contributed by atoms with E-state index < -0.39 is 23.1 Å². The van der Waals surface area contributed by atoms with Gasteiger partial charge in [0.05, 0.1) is 7.11 Å². The standard InChI is InChI=1S/C12H15F2NO3/c1-12(15-2,11(16)17-3)7-18-10-5-4-8(13)6-9(10)14/h4-6,15H,7H2,1-3H3. The second kappa shape index (κ2) is 5.77. The quantitative estimate of drug-likeness (QED) is 0.814. The van der Waals surface area contributed by atoms with E-state index in [1.807, 2.05) is 0 Å². The molecule has 0 aliphatic heterocycles. The van der Waals surface area contributed by atoms with Crippen molar-refractivity contribution in [1.29, 1.82) is 0 Å². The van der Waals surface area contributed by atoms with Crippen molar-refractivity contribution < 1.29 is 23.0 Å². The number of rotatable bonds is 5. The Morgan fingerprint density at radius 3 is 2.61 bits per heavy atom. The Balaban J connectivity index is 2.77. The fourth-order valence-electron chi connectivity index (χ4n) is 1.27. The van der Waals surface area contributed by atoms with Crippen LogP contribution in [0.1, 0.15) is 6.92 Å². The lowest BCUT2D eigenvalue weighted by atomic mass is 10.1. The van der Waals surface area contributed by atoms with Crippen LogP contribution >= 0.6 is 0 Å². The third kappa shape index (κ3) is 3.16. The molecule has 0 fully saturated rings. The minimum Gasteiger partial charge on any atom is -0.488 e. The number of carbonyl (C=O) groups excluding carboxylic acids is 1. The normalized spacial score (nSPS) is 13.8. The molecule has 1 atom stereocenters. The lowest BCUT2D eigenvalue weighted by molar-refractivity contribution is -0.149. The average molecular weight is 259 g/mol. The molecule has 4 nitrogen and oxygen atoms in total. The van der Waals surface area contributed by atoms with E-state index in [0.717, 1.165) is 12.1 Å². The van der Waals surface area contributed by atoms with Crippen LogP contribution in [-0.2, 0) is 9.53 Å². The zero-order valence-electron chi connectivity index (χ0n) is 10.4. The van der Waals surface area contributed by atoms with Crippen LogP contribution < -0.4 is 10.1 Å². The molecule has 1 aromatic carbocycles. The molecule has 100 valence electrons. The molecule has 1 N–H and O–H groups in total. The van der Waals surface area contributed by atoms with Gasteiger partial charge >= 0.3 is 5.97 Å². The minimum absolute atomic E-state index is 0.123. The number of halogens is 2. The Morgan fingerprint density at radius 1 is 1.44 bits per heavy atom. The molecule has 1 aromatic rings. The van der Waals surface area contributed by atoms with Crippen molar-refractivity contribution in [3.8, 4) is 5.75 Å². The Morgan fingerprint density at radius 2 is 2.11 bits per heavy atom. The first-order valence-corrected chi connectivity index (χ1v) is 5.28. The van der Waals surface area contributed by atoms with Gasteiger partial charge < -0.3 is 14.8 Å². The van der Waals surface area contributed by atoms with Crippen LogP contribution in [0.5, 0.6) is 5.75 Å². The van der Waals surface area contributed by atoms with Gasteiger partial charge in [-0.2, -0.15) is 0 Å². The number of methoxy groups -OCH3 is 1. The summed E-state index contributed by atoms with van der Waals surface area (Å²) in [6.45, 7) is 1.42. The fourth-order valence-corrected chi connectivity index (χ4v) is 1.27. The zero-order valence-corrected chi connectivity index (χ0v) is 10.4. The highest BCUT2D eigenvalue weighted by molar-refractivity contribution is 5.80. The summed E-state index contributed by atoms with van der Waals surface area (Å²) >= 11 is 0. The van der Waals surface area contributed by atoms with E-state index in [4.69, 9.17) is 4.74 Å². The molecule has 0 radical (unpaired) electrons. The summed E-state index contributed by atoms with van der Waals surface area (Å²) in [6.07, 6.45) is 0. The molecule has 6 heteroatoms. The first-order valence-electron chi connectivity index (χ1n) is 5.28. The third-order valence-corrected chi connectivity index (χ3v) is 2.60. The second-order valence-electron chi connectivity index (χ2n) is 3.94. The molecule has 0 aliphatic carbocycles.